The molecular weight excluding hydrogens is 188 g/mol. The van der Waals surface area contributed by atoms with Gasteiger partial charge in [0.05, 0.1) is 11.6 Å². The number of anilines is 1. The standard InChI is InChI=1S/C8H12N2O2S/c1-4(7(11)12)6-5(2)10-8(9-3)13-6/h4H,1-3H3,(H,9,10)(H,11,12). The first-order valence-corrected chi connectivity index (χ1v) is 4.75. The van der Waals surface area contributed by atoms with Gasteiger partial charge in [0.2, 0.25) is 0 Å². The van der Waals surface area contributed by atoms with E-state index in [0.717, 1.165) is 15.7 Å². The molecule has 4 nitrogen and oxygen atoms in total. The number of rotatable bonds is 3. The monoisotopic (exact) mass is 200 g/mol. The van der Waals surface area contributed by atoms with Crippen molar-refractivity contribution in [2.24, 2.45) is 0 Å². The lowest BCUT2D eigenvalue weighted by Crippen LogP contribution is -2.06. The topological polar surface area (TPSA) is 62.2 Å². The van der Waals surface area contributed by atoms with Gasteiger partial charge in [0.25, 0.3) is 0 Å². The number of hydrogen-bond donors (Lipinski definition) is 2. The van der Waals surface area contributed by atoms with Crippen LogP contribution in [0.3, 0.4) is 0 Å². The number of carboxylic acid groups (broad SMARTS) is 1. The van der Waals surface area contributed by atoms with Crippen LogP contribution in [-0.4, -0.2) is 23.1 Å². The molecule has 0 aromatic carbocycles. The Kier molecular flexibility index (Phi) is 2.87. The highest BCUT2D eigenvalue weighted by Gasteiger charge is 2.19. The summed E-state index contributed by atoms with van der Waals surface area (Å²) < 4.78 is 0. The zero-order chi connectivity index (χ0) is 10.0. The number of carboxylic acids is 1. The normalized spacial score (nSPS) is 12.5. The second-order valence-electron chi connectivity index (χ2n) is 2.78. The van der Waals surface area contributed by atoms with Crippen LogP contribution >= 0.6 is 11.3 Å². The SMILES string of the molecule is CNc1nc(C)c(C(C)C(=O)O)s1. The molecule has 0 aliphatic heterocycles. The van der Waals surface area contributed by atoms with Crippen molar-refractivity contribution in [2.45, 2.75) is 19.8 Å². The third-order valence-electron chi connectivity index (χ3n) is 1.81. The molecule has 0 aliphatic carbocycles. The Balaban J connectivity index is 3.00. The van der Waals surface area contributed by atoms with Gasteiger partial charge in [-0.25, -0.2) is 4.98 Å². The number of nitrogens with zero attached hydrogens (tertiary/aromatic N) is 1. The van der Waals surface area contributed by atoms with E-state index in [-0.39, 0.29) is 0 Å². The van der Waals surface area contributed by atoms with Crippen molar-refractivity contribution in [3.05, 3.63) is 10.6 Å². The van der Waals surface area contributed by atoms with Gasteiger partial charge in [0.15, 0.2) is 5.13 Å². The summed E-state index contributed by atoms with van der Waals surface area (Å²) in [6.07, 6.45) is 0. The molecule has 2 N–H and O–H groups in total. The predicted octanol–water partition coefficient (Wildman–Crippen LogP) is 1.68. The van der Waals surface area contributed by atoms with Gasteiger partial charge in [-0.15, -0.1) is 11.3 Å². The summed E-state index contributed by atoms with van der Waals surface area (Å²) in [4.78, 5) is 15.7. The average Bonchev–Trinajstić information content (AvgIpc) is 2.45. The summed E-state index contributed by atoms with van der Waals surface area (Å²) in [5.41, 5.74) is 0.796. The van der Waals surface area contributed by atoms with Crippen LogP contribution in [0.15, 0.2) is 0 Å². The zero-order valence-corrected chi connectivity index (χ0v) is 8.60. The van der Waals surface area contributed by atoms with Crippen LogP contribution < -0.4 is 5.32 Å². The molecule has 0 fully saturated rings. The van der Waals surface area contributed by atoms with Crippen LogP contribution in [0.2, 0.25) is 0 Å². The maximum absolute atomic E-state index is 10.7. The van der Waals surface area contributed by atoms with Gasteiger partial charge in [-0.05, 0) is 13.8 Å². The summed E-state index contributed by atoms with van der Waals surface area (Å²) in [5.74, 6) is -1.28. The van der Waals surface area contributed by atoms with Crippen molar-refractivity contribution in [3.63, 3.8) is 0 Å². The Morgan fingerprint density at radius 3 is 2.69 bits per heavy atom. The molecule has 1 aromatic heterocycles. The van der Waals surface area contributed by atoms with Crippen molar-refractivity contribution in [3.8, 4) is 0 Å². The van der Waals surface area contributed by atoms with Crippen molar-refractivity contribution in [1.29, 1.82) is 0 Å². The molecule has 0 saturated heterocycles. The molecule has 0 saturated carbocycles. The first-order valence-electron chi connectivity index (χ1n) is 3.94. The molecule has 13 heavy (non-hydrogen) atoms. The third-order valence-corrected chi connectivity index (χ3v) is 3.17. The summed E-state index contributed by atoms with van der Waals surface area (Å²) in [6.45, 7) is 3.49. The van der Waals surface area contributed by atoms with Crippen molar-refractivity contribution < 1.29 is 9.90 Å². The van der Waals surface area contributed by atoms with Gasteiger partial charge in [0, 0.05) is 11.9 Å². The van der Waals surface area contributed by atoms with E-state index in [2.05, 4.69) is 10.3 Å². The Bertz CT molecular complexity index is 322. The lowest BCUT2D eigenvalue weighted by Gasteiger charge is -2.01. The van der Waals surface area contributed by atoms with E-state index in [1.165, 1.54) is 11.3 Å². The largest absolute Gasteiger partial charge is 0.481 e. The summed E-state index contributed by atoms with van der Waals surface area (Å²) in [7, 11) is 1.77. The maximum Gasteiger partial charge on any atom is 0.311 e. The Morgan fingerprint density at radius 2 is 2.31 bits per heavy atom. The predicted molar refractivity (Wildman–Crippen MR) is 52.4 cm³/mol. The fraction of sp³-hybridized carbons (Fsp3) is 0.500. The second-order valence-corrected chi connectivity index (χ2v) is 3.81. The van der Waals surface area contributed by atoms with Gasteiger partial charge in [-0.2, -0.15) is 0 Å². The van der Waals surface area contributed by atoms with Gasteiger partial charge in [-0.1, -0.05) is 0 Å². The van der Waals surface area contributed by atoms with Crippen molar-refractivity contribution in [1.82, 2.24) is 4.98 Å². The summed E-state index contributed by atoms with van der Waals surface area (Å²) >= 11 is 1.39. The molecule has 0 spiro atoms. The van der Waals surface area contributed by atoms with E-state index < -0.39 is 11.9 Å². The van der Waals surface area contributed by atoms with Crippen molar-refractivity contribution >= 4 is 22.4 Å². The first kappa shape index (κ1) is 9.98. The van der Waals surface area contributed by atoms with E-state index in [9.17, 15) is 4.79 Å². The molecule has 1 aromatic rings. The Hall–Kier alpha value is -1.10. The van der Waals surface area contributed by atoms with E-state index in [1.807, 2.05) is 6.92 Å². The average molecular weight is 200 g/mol. The molecule has 1 rings (SSSR count). The van der Waals surface area contributed by atoms with E-state index in [1.54, 1.807) is 14.0 Å². The fourth-order valence-electron chi connectivity index (χ4n) is 1.03. The van der Waals surface area contributed by atoms with Crippen LogP contribution in [0.4, 0.5) is 5.13 Å². The minimum absolute atomic E-state index is 0.473. The highest BCUT2D eigenvalue weighted by atomic mass is 32.1. The van der Waals surface area contributed by atoms with Crippen molar-refractivity contribution in [2.75, 3.05) is 12.4 Å². The molecule has 1 heterocycles. The number of aryl methyl sites for hydroxylation is 1. The van der Waals surface area contributed by atoms with E-state index >= 15 is 0 Å². The second kappa shape index (κ2) is 3.74. The van der Waals surface area contributed by atoms with Crippen LogP contribution in [0, 0.1) is 6.92 Å². The highest BCUT2D eigenvalue weighted by molar-refractivity contribution is 7.15. The number of thiazole rings is 1. The van der Waals surface area contributed by atoms with Crippen LogP contribution in [0.25, 0.3) is 0 Å². The highest BCUT2D eigenvalue weighted by Crippen LogP contribution is 2.29. The van der Waals surface area contributed by atoms with Crippen LogP contribution in [0.5, 0.6) is 0 Å². The van der Waals surface area contributed by atoms with Gasteiger partial charge in [0.1, 0.15) is 0 Å². The molecule has 0 radical (unpaired) electrons. The van der Waals surface area contributed by atoms with E-state index in [0.29, 0.717) is 0 Å². The van der Waals surface area contributed by atoms with Gasteiger partial charge >= 0.3 is 5.97 Å². The lowest BCUT2D eigenvalue weighted by molar-refractivity contribution is -0.138. The maximum atomic E-state index is 10.7. The molecular formula is C8H12N2O2S. The lowest BCUT2D eigenvalue weighted by atomic mass is 10.1. The van der Waals surface area contributed by atoms with Gasteiger partial charge < -0.3 is 10.4 Å². The molecule has 72 valence electrons. The van der Waals surface area contributed by atoms with E-state index in [4.69, 9.17) is 5.11 Å². The number of aliphatic carboxylic acids is 1. The number of nitrogens with one attached hydrogen (secondary N) is 1. The molecule has 1 atom stereocenters. The smallest absolute Gasteiger partial charge is 0.311 e. The minimum Gasteiger partial charge on any atom is -0.481 e. The first-order chi connectivity index (χ1) is 6.06. The molecule has 0 bridgehead atoms. The summed E-state index contributed by atoms with van der Waals surface area (Å²) in [5, 5.41) is 12.5. The molecule has 0 aliphatic rings. The Morgan fingerprint density at radius 1 is 1.69 bits per heavy atom. The summed E-state index contributed by atoms with van der Waals surface area (Å²) in [6, 6.07) is 0. The van der Waals surface area contributed by atoms with Gasteiger partial charge in [-0.3, -0.25) is 4.79 Å². The molecule has 0 amide bonds. The zero-order valence-electron chi connectivity index (χ0n) is 7.79. The quantitative estimate of drug-likeness (QED) is 0.779. The van der Waals surface area contributed by atoms with Crippen LogP contribution in [-0.2, 0) is 4.79 Å². The third kappa shape index (κ3) is 1.98. The molecule has 1 unspecified atom stereocenters. The fourth-order valence-corrected chi connectivity index (χ4v) is 1.99. The number of hydrogen-bond acceptors (Lipinski definition) is 4. The molecule has 5 heteroatoms. The Labute approximate surface area is 80.6 Å². The number of carbonyl (C=O) groups is 1. The van der Waals surface area contributed by atoms with Crippen LogP contribution in [0.1, 0.15) is 23.4 Å². The number of aromatic nitrogens is 1. The minimum atomic E-state index is -0.811.